The maximum absolute atomic E-state index is 12.4. The maximum atomic E-state index is 12.4. The number of amides is 1. The van der Waals surface area contributed by atoms with Crippen LogP contribution in [0.2, 0.25) is 0 Å². The van der Waals surface area contributed by atoms with E-state index in [0.717, 1.165) is 24.5 Å². The minimum Gasteiger partial charge on any atom is -0.372 e. The van der Waals surface area contributed by atoms with Crippen molar-refractivity contribution >= 4 is 28.1 Å². The quantitative estimate of drug-likeness (QED) is 0.895. The number of nitrogens with zero attached hydrogens (tertiary/aromatic N) is 1. The SMILES string of the molecule is C[C@@H]1CN(c2ccc(NC(=O)c3ccc([S@](C)=O)cc3)cc2)C[C@H](C)O1. The lowest BCUT2D eigenvalue weighted by Gasteiger charge is -2.36. The predicted molar refractivity (Wildman–Crippen MR) is 105 cm³/mol. The molecule has 0 bridgehead atoms. The van der Waals surface area contributed by atoms with E-state index in [2.05, 4.69) is 24.1 Å². The molecule has 26 heavy (non-hydrogen) atoms. The minimum absolute atomic E-state index is 0.181. The molecule has 2 aromatic carbocycles. The van der Waals surface area contributed by atoms with Crippen molar-refractivity contribution < 1.29 is 13.7 Å². The lowest BCUT2D eigenvalue weighted by atomic mass is 10.1. The topological polar surface area (TPSA) is 58.6 Å². The van der Waals surface area contributed by atoms with Gasteiger partial charge in [-0.05, 0) is 62.4 Å². The highest BCUT2D eigenvalue weighted by atomic mass is 32.2. The number of rotatable bonds is 4. The molecular weight excluding hydrogens is 348 g/mol. The second kappa shape index (κ2) is 8.01. The van der Waals surface area contributed by atoms with Gasteiger partial charge < -0.3 is 15.0 Å². The molecule has 0 aromatic heterocycles. The highest BCUT2D eigenvalue weighted by molar-refractivity contribution is 7.84. The highest BCUT2D eigenvalue weighted by Crippen LogP contribution is 2.22. The van der Waals surface area contributed by atoms with Gasteiger partial charge in [-0.1, -0.05) is 0 Å². The first-order valence-corrected chi connectivity index (χ1v) is 10.2. The molecule has 0 saturated carbocycles. The number of morpholine rings is 1. The largest absolute Gasteiger partial charge is 0.372 e. The average Bonchev–Trinajstić information content (AvgIpc) is 2.61. The number of hydrogen-bond acceptors (Lipinski definition) is 4. The maximum Gasteiger partial charge on any atom is 0.255 e. The number of carbonyl (C=O) groups is 1. The summed E-state index contributed by atoms with van der Waals surface area (Å²) in [6, 6.07) is 14.7. The smallest absolute Gasteiger partial charge is 0.255 e. The Hall–Kier alpha value is -2.18. The fourth-order valence-corrected chi connectivity index (χ4v) is 3.66. The van der Waals surface area contributed by atoms with Crippen molar-refractivity contribution in [2.24, 2.45) is 0 Å². The van der Waals surface area contributed by atoms with E-state index in [1.54, 1.807) is 30.5 Å². The number of hydrogen-bond donors (Lipinski definition) is 1. The van der Waals surface area contributed by atoms with Gasteiger partial charge in [0, 0.05) is 52.0 Å². The van der Waals surface area contributed by atoms with Crippen LogP contribution in [0.15, 0.2) is 53.4 Å². The molecule has 0 radical (unpaired) electrons. The molecule has 0 unspecified atom stereocenters. The molecule has 0 aliphatic carbocycles. The molecule has 1 aliphatic heterocycles. The van der Waals surface area contributed by atoms with Crippen molar-refractivity contribution in [3.63, 3.8) is 0 Å². The Bertz CT molecular complexity index is 780. The number of ether oxygens (including phenoxy) is 1. The Balaban J connectivity index is 1.65. The monoisotopic (exact) mass is 372 g/mol. The molecule has 1 fully saturated rings. The van der Waals surface area contributed by atoms with Gasteiger partial charge >= 0.3 is 0 Å². The summed E-state index contributed by atoms with van der Waals surface area (Å²) in [5.41, 5.74) is 2.41. The fraction of sp³-hybridized carbons (Fsp3) is 0.350. The summed E-state index contributed by atoms with van der Waals surface area (Å²) < 4.78 is 17.2. The van der Waals surface area contributed by atoms with Crippen LogP contribution in [0.5, 0.6) is 0 Å². The zero-order valence-electron chi connectivity index (χ0n) is 15.3. The van der Waals surface area contributed by atoms with Gasteiger partial charge in [0.2, 0.25) is 0 Å². The van der Waals surface area contributed by atoms with Crippen LogP contribution in [0, 0.1) is 0 Å². The number of anilines is 2. The first kappa shape index (κ1) is 18.6. The van der Waals surface area contributed by atoms with Crippen molar-refractivity contribution in [1.29, 1.82) is 0 Å². The fourth-order valence-electron chi connectivity index (χ4n) is 3.15. The normalized spacial score (nSPS) is 21.3. The summed E-state index contributed by atoms with van der Waals surface area (Å²) in [5, 5.41) is 2.90. The standard InChI is InChI=1S/C20H24N2O3S/c1-14-12-22(13-15(2)25-14)18-8-6-17(7-9-18)21-20(23)16-4-10-19(11-5-16)26(3)24/h4-11,14-15H,12-13H2,1-3H3,(H,21,23)/t14-,15+,26-/m0/s1. The van der Waals surface area contributed by atoms with Crippen LogP contribution < -0.4 is 10.2 Å². The average molecular weight is 372 g/mol. The third kappa shape index (κ3) is 4.51. The second-order valence-corrected chi connectivity index (χ2v) is 8.02. The third-order valence-electron chi connectivity index (χ3n) is 4.36. The molecule has 1 N–H and O–H groups in total. The van der Waals surface area contributed by atoms with Crippen molar-refractivity contribution in [2.75, 3.05) is 29.6 Å². The third-order valence-corrected chi connectivity index (χ3v) is 5.29. The first-order valence-electron chi connectivity index (χ1n) is 8.67. The molecule has 1 amide bonds. The van der Waals surface area contributed by atoms with E-state index in [0.29, 0.717) is 10.5 Å². The van der Waals surface area contributed by atoms with E-state index in [1.807, 2.05) is 24.3 Å². The summed E-state index contributed by atoms with van der Waals surface area (Å²) >= 11 is 0. The van der Waals surface area contributed by atoms with E-state index < -0.39 is 10.8 Å². The van der Waals surface area contributed by atoms with Crippen LogP contribution in [-0.2, 0) is 15.5 Å². The highest BCUT2D eigenvalue weighted by Gasteiger charge is 2.22. The van der Waals surface area contributed by atoms with Gasteiger partial charge in [0.05, 0.1) is 12.2 Å². The molecule has 6 heteroatoms. The molecule has 3 atom stereocenters. The Kier molecular flexibility index (Phi) is 5.74. The number of benzene rings is 2. The van der Waals surface area contributed by atoms with Crippen LogP contribution in [0.3, 0.4) is 0 Å². The molecule has 5 nitrogen and oxygen atoms in total. The summed E-state index contributed by atoms with van der Waals surface area (Å²) in [6.45, 7) is 5.88. The summed E-state index contributed by atoms with van der Waals surface area (Å²) in [7, 11) is -1.04. The second-order valence-electron chi connectivity index (χ2n) is 6.64. The van der Waals surface area contributed by atoms with Crippen LogP contribution >= 0.6 is 0 Å². The van der Waals surface area contributed by atoms with Gasteiger partial charge in [-0.3, -0.25) is 9.00 Å². The molecular formula is C20H24N2O3S. The van der Waals surface area contributed by atoms with Crippen LogP contribution in [0.25, 0.3) is 0 Å². The van der Waals surface area contributed by atoms with Gasteiger partial charge in [-0.15, -0.1) is 0 Å². The summed E-state index contributed by atoms with van der Waals surface area (Å²) in [4.78, 5) is 15.4. The summed E-state index contributed by atoms with van der Waals surface area (Å²) in [6.07, 6.45) is 2.03. The first-order chi connectivity index (χ1) is 12.4. The van der Waals surface area contributed by atoms with Gasteiger partial charge in [-0.25, -0.2) is 0 Å². The molecule has 3 rings (SSSR count). The van der Waals surface area contributed by atoms with Gasteiger partial charge in [0.1, 0.15) is 0 Å². The Morgan fingerprint density at radius 1 is 1.04 bits per heavy atom. The lowest BCUT2D eigenvalue weighted by Crippen LogP contribution is -2.45. The van der Waals surface area contributed by atoms with Gasteiger partial charge in [0.25, 0.3) is 5.91 Å². The number of nitrogens with one attached hydrogen (secondary N) is 1. The predicted octanol–water partition coefficient (Wildman–Crippen LogP) is 3.29. The molecule has 1 saturated heterocycles. The summed E-state index contributed by atoms with van der Waals surface area (Å²) in [5.74, 6) is -0.181. The molecule has 1 heterocycles. The van der Waals surface area contributed by atoms with Crippen molar-refractivity contribution in [1.82, 2.24) is 0 Å². The molecule has 1 aliphatic rings. The zero-order chi connectivity index (χ0) is 18.7. The Labute approximate surface area is 156 Å². The minimum atomic E-state index is -1.04. The van der Waals surface area contributed by atoms with Gasteiger partial charge in [-0.2, -0.15) is 0 Å². The van der Waals surface area contributed by atoms with E-state index in [1.165, 1.54) is 0 Å². The molecule has 0 spiro atoms. The van der Waals surface area contributed by atoms with E-state index in [9.17, 15) is 9.00 Å². The van der Waals surface area contributed by atoms with Crippen LogP contribution in [0.4, 0.5) is 11.4 Å². The molecule has 2 aromatic rings. The van der Waals surface area contributed by atoms with Crippen molar-refractivity contribution in [3.05, 3.63) is 54.1 Å². The van der Waals surface area contributed by atoms with Crippen LogP contribution in [0.1, 0.15) is 24.2 Å². The Morgan fingerprint density at radius 2 is 1.62 bits per heavy atom. The van der Waals surface area contributed by atoms with E-state index in [-0.39, 0.29) is 18.1 Å². The van der Waals surface area contributed by atoms with Crippen molar-refractivity contribution in [3.8, 4) is 0 Å². The van der Waals surface area contributed by atoms with E-state index >= 15 is 0 Å². The zero-order valence-corrected chi connectivity index (χ0v) is 16.1. The number of carbonyl (C=O) groups excluding carboxylic acids is 1. The van der Waals surface area contributed by atoms with Crippen molar-refractivity contribution in [2.45, 2.75) is 31.0 Å². The van der Waals surface area contributed by atoms with Gasteiger partial charge in [0.15, 0.2) is 0 Å². The van der Waals surface area contributed by atoms with Crippen LogP contribution in [-0.4, -0.2) is 41.7 Å². The van der Waals surface area contributed by atoms with E-state index in [4.69, 9.17) is 4.74 Å². The molecule has 138 valence electrons. The lowest BCUT2D eigenvalue weighted by molar-refractivity contribution is -0.00521. The Morgan fingerprint density at radius 3 is 2.15 bits per heavy atom.